The van der Waals surface area contributed by atoms with Crippen molar-refractivity contribution in [2.45, 2.75) is 52.1 Å². The van der Waals surface area contributed by atoms with Gasteiger partial charge in [0.2, 0.25) is 0 Å². The summed E-state index contributed by atoms with van der Waals surface area (Å²) in [5.74, 6) is 1.36. The summed E-state index contributed by atoms with van der Waals surface area (Å²) in [6, 6.07) is 14.0. The molecule has 204 valence electrons. The predicted octanol–water partition coefficient (Wildman–Crippen LogP) is 7.06. The Morgan fingerprint density at radius 2 is 1.79 bits per heavy atom. The van der Waals surface area contributed by atoms with Gasteiger partial charge in [0, 0.05) is 33.5 Å². The van der Waals surface area contributed by atoms with Gasteiger partial charge < -0.3 is 24.1 Å². The molecule has 0 spiro atoms. The number of carboxylic acid groups (broad SMARTS) is 1. The maximum atomic E-state index is 11.2. The van der Waals surface area contributed by atoms with E-state index >= 15 is 0 Å². The molecule has 0 unspecified atom stereocenters. The van der Waals surface area contributed by atoms with Crippen LogP contribution in [0.15, 0.2) is 42.5 Å². The molecule has 0 amide bonds. The Kier molecular flexibility index (Phi) is 6.72. The van der Waals surface area contributed by atoms with E-state index in [1.165, 1.54) is 5.56 Å². The summed E-state index contributed by atoms with van der Waals surface area (Å²) in [5, 5.41) is 9.91. The quantitative estimate of drug-likeness (QED) is 0.325. The van der Waals surface area contributed by atoms with Crippen LogP contribution in [0.25, 0.3) is 11.1 Å². The standard InChI is InChI=1S/C32H33ClO6/c1-18-10-22(38-17-32(3)15-36-16-32)11-19(2)30(18)31-25-7-9-27(24(25)6-8-26(31)33)39-21-4-5-23-20(12-29(34)35)14-37-28(23)13-21/h4-6,8,10-11,13,20,27H,7,9,12,14-17H2,1-3H3,(H,34,35)/t20-,27-/m1/s1. The summed E-state index contributed by atoms with van der Waals surface area (Å²) in [5.41, 5.74) is 7.89. The fraction of sp³-hybridized carbons (Fsp3) is 0.406. The Morgan fingerprint density at radius 3 is 2.49 bits per heavy atom. The van der Waals surface area contributed by atoms with E-state index in [4.69, 9.17) is 30.5 Å². The van der Waals surface area contributed by atoms with Crippen LogP contribution < -0.4 is 14.2 Å². The van der Waals surface area contributed by atoms with Gasteiger partial charge in [-0.05, 0) is 78.8 Å². The third kappa shape index (κ3) is 4.96. The van der Waals surface area contributed by atoms with Gasteiger partial charge in [0.25, 0.3) is 0 Å². The van der Waals surface area contributed by atoms with E-state index in [0.29, 0.717) is 19.0 Å². The van der Waals surface area contributed by atoms with Crippen molar-refractivity contribution >= 4 is 17.6 Å². The number of ether oxygens (including phenoxy) is 4. The SMILES string of the molecule is Cc1cc(OCC2(C)COC2)cc(C)c1-c1c(Cl)ccc2c1CC[C@H]2Oc1ccc2c(c1)OC[C@H]2CC(=O)O. The molecule has 0 radical (unpaired) electrons. The number of carbonyl (C=O) groups is 1. The number of aliphatic carboxylic acids is 1. The first-order valence-corrected chi connectivity index (χ1v) is 13.9. The molecule has 1 saturated heterocycles. The number of hydrogen-bond donors (Lipinski definition) is 1. The first kappa shape index (κ1) is 26.0. The fourth-order valence-electron chi connectivity index (χ4n) is 6.10. The maximum absolute atomic E-state index is 11.2. The van der Waals surface area contributed by atoms with Crippen LogP contribution in [-0.2, 0) is 16.0 Å². The lowest BCUT2D eigenvalue weighted by Gasteiger charge is -2.37. The van der Waals surface area contributed by atoms with Crippen molar-refractivity contribution in [2.75, 3.05) is 26.4 Å². The highest BCUT2D eigenvalue weighted by Gasteiger charge is 2.35. The zero-order valence-corrected chi connectivity index (χ0v) is 23.3. The highest BCUT2D eigenvalue weighted by atomic mass is 35.5. The van der Waals surface area contributed by atoms with E-state index in [2.05, 4.69) is 39.0 Å². The average Bonchev–Trinajstić information content (AvgIpc) is 3.46. The molecule has 0 bridgehead atoms. The summed E-state index contributed by atoms with van der Waals surface area (Å²) >= 11 is 6.85. The lowest BCUT2D eigenvalue weighted by atomic mass is 9.89. The number of fused-ring (bicyclic) bond motifs is 2. The topological polar surface area (TPSA) is 74.2 Å². The molecule has 3 aromatic carbocycles. The lowest BCUT2D eigenvalue weighted by molar-refractivity contribution is -0.137. The lowest BCUT2D eigenvalue weighted by Crippen LogP contribution is -2.44. The minimum Gasteiger partial charge on any atom is -0.493 e. The largest absolute Gasteiger partial charge is 0.493 e. The number of rotatable bonds is 8. The minimum absolute atomic E-state index is 0.0625. The average molecular weight is 549 g/mol. The molecule has 2 heterocycles. The zero-order chi connectivity index (χ0) is 27.3. The van der Waals surface area contributed by atoms with Gasteiger partial charge in [0.05, 0.1) is 32.8 Å². The van der Waals surface area contributed by atoms with Gasteiger partial charge in [-0.25, -0.2) is 0 Å². The Hall–Kier alpha value is -3.22. The first-order chi connectivity index (χ1) is 18.7. The van der Waals surface area contributed by atoms with Gasteiger partial charge in [-0.2, -0.15) is 0 Å². The molecule has 39 heavy (non-hydrogen) atoms. The van der Waals surface area contributed by atoms with Gasteiger partial charge >= 0.3 is 5.97 Å². The van der Waals surface area contributed by atoms with Crippen LogP contribution >= 0.6 is 11.6 Å². The maximum Gasteiger partial charge on any atom is 0.304 e. The van der Waals surface area contributed by atoms with Gasteiger partial charge in [-0.1, -0.05) is 30.7 Å². The number of benzene rings is 3. The minimum atomic E-state index is -0.820. The van der Waals surface area contributed by atoms with E-state index in [0.717, 1.165) is 76.0 Å². The highest BCUT2D eigenvalue weighted by Crippen LogP contribution is 2.46. The molecule has 2 aliphatic heterocycles. The monoisotopic (exact) mass is 548 g/mol. The van der Waals surface area contributed by atoms with Crippen LogP contribution in [0.5, 0.6) is 17.2 Å². The highest BCUT2D eigenvalue weighted by molar-refractivity contribution is 6.33. The van der Waals surface area contributed by atoms with Crippen molar-refractivity contribution in [1.82, 2.24) is 0 Å². The Balaban J connectivity index is 1.25. The molecule has 3 aliphatic rings. The van der Waals surface area contributed by atoms with Gasteiger partial charge in [-0.15, -0.1) is 0 Å². The van der Waals surface area contributed by atoms with Crippen molar-refractivity contribution in [2.24, 2.45) is 5.41 Å². The van der Waals surface area contributed by atoms with E-state index in [9.17, 15) is 9.90 Å². The first-order valence-electron chi connectivity index (χ1n) is 13.5. The molecule has 1 fully saturated rings. The van der Waals surface area contributed by atoms with Crippen LogP contribution in [0, 0.1) is 19.3 Å². The Morgan fingerprint density at radius 1 is 1.05 bits per heavy atom. The Bertz CT molecular complexity index is 1420. The van der Waals surface area contributed by atoms with Gasteiger partial charge in [-0.3, -0.25) is 4.79 Å². The molecular weight excluding hydrogens is 516 g/mol. The number of halogens is 1. The summed E-state index contributed by atoms with van der Waals surface area (Å²) in [7, 11) is 0. The van der Waals surface area contributed by atoms with Crippen molar-refractivity contribution < 1.29 is 28.8 Å². The number of aryl methyl sites for hydroxylation is 2. The molecule has 1 N–H and O–H groups in total. The van der Waals surface area contributed by atoms with Crippen molar-refractivity contribution in [3.63, 3.8) is 0 Å². The van der Waals surface area contributed by atoms with E-state index < -0.39 is 5.97 Å². The Labute approximate surface area is 233 Å². The second-order valence-electron chi connectivity index (χ2n) is 11.5. The smallest absolute Gasteiger partial charge is 0.304 e. The molecule has 0 aromatic heterocycles. The molecule has 6 nitrogen and oxygen atoms in total. The predicted molar refractivity (Wildman–Crippen MR) is 149 cm³/mol. The summed E-state index contributed by atoms with van der Waals surface area (Å²) < 4.78 is 23.8. The number of carboxylic acids is 1. The molecule has 6 rings (SSSR count). The normalized spacial score (nSPS) is 20.5. The van der Waals surface area contributed by atoms with E-state index in [1.807, 2.05) is 24.3 Å². The molecule has 7 heteroatoms. The fourth-order valence-corrected chi connectivity index (χ4v) is 6.37. The third-order valence-corrected chi connectivity index (χ3v) is 8.43. The molecule has 2 atom stereocenters. The van der Waals surface area contributed by atoms with Crippen LogP contribution in [0.3, 0.4) is 0 Å². The van der Waals surface area contributed by atoms with Crippen LogP contribution in [-0.4, -0.2) is 37.5 Å². The molecule has 0 saturated carbocycles. The van der Waals surface area contributed by atoms with Crippen LogP contribution in [0.2, 0.25) is 5.02 Å². The summed E-state index contributed by atoms with van der Waals surface area (Å²) in [6.07, 6.45) is 1.68. The van der Waals surface area contributed by atoms with Crippen molar-refractivity contribution in [3.05, 3.63) is 75.3 Å². The number of hydrogen-bond acceptors (Lipinski definition) is 5. The zero-order valence-electron chi connectivity index (χ0n) is 22.5. The summed E-state index contributed by atoms with van der Waals surface area (Å²) in [4.78, 5) is 11.2. The van der Waals surface area contributed by atoms with Crippen LogP contribution in [0.1, 0.15) is 59.6 Å². The van der Waals surface area contributed by atoms with Gasteiger partial charge in [0.1, 0.15) is 23.4 Å². The third-order valence-electron chi connectivity index (χ3n) is 8.11. The van der Waals surface area contributed by atoms with E-state index in [1.54, 1.807) is 0 Å². The second-order valence-corrected chi connectivity index (χ2v) is 11.9. The van der Waals surface area contributed by atoms with Gasteiger partial charge in [0.15, 0.2) is 0 Å². The van der Waals surface area contributed by atoms with Crippen LogP contribution in [0.4, 0.5) is 0 Å². The molecule has 3 aromatic rings. The summed E-state index contributed by atoms with van der Waals surface area (Å²) in [6.45, 7) is 8.91. The second kappa shape index (κ2) is 10.1. The molecule has 1 aliphatic carbocycles. The van der Waals surface area contributed by atoms with Crippen molar-refractivity contribution in [3.8, 4) is 28.4 Å². The van der Waals surface area contributed by atoms with Crippen molar-refractivity contribution in [1.29, 1.82) is 0 Å². The molecular formula is C32H33ClO6. The van der Waals surface area contributed by atoms with E-state index in [-0.39, 0.29) is 23.9 Å².